The number of sulfonamides is 1. The topological polar surface area (TPSA) is 78.9 Å². The molecule has 1 amide bonds. The molecule has 3 rings (SSSR count). The molecule has 0 radical (unpaired) electrons. The van der Waals surface area contributed by atoms with Crippen molar-refractivity contribution in [1.82, 2.24) is 9.37 Å². The van der Waals surface area contributed by atoms with Gasteiger partial charge in [-0.05, 0) is 61.8 Å². The Balaban J connectivity index is 1.72. The molecular formula is C21H27N3O4S. The van der Waals surface area contributed by atoms with Crippen LogP contribution in [-0.2, 0) is 21.4 Å². The van der Waals surface area contributed by atoms with Crippen molar-refractivity contribution < 1.29 is 18.0 Å². The van der Waals surface area contributed by atoms with Crippen molar-refractivity contribution in [2.75, 3.05) is 32.6 Å². The third-order valence-corrected chi connectivity index (χ3v) is 6.71. The normalized spacial score (nSPS) is 15.4. The third-order valence-electron chi connectivity index (χ3n) is 5.03. The molecule has 0 saturated carbocycles. The van der Waals surface area contributed by atoms with Gasteiger partial charge in [0, 0.05) is 24.8 Å². The second-order valence-corrected chi connectivity index (χ2v) is 9.05. The van der Waals surface area contributed by atoms with E-state index >= 15 is 0 Å². The summed E-state index contributed by atoms with van der Waals surface area (Å²) in [6.45, 7) is 3.07. The van der Waals surface area contributed by atoms with Crippen molar-refractivity contribution in [2.24, 2.45) is 0 Å². The zero-order valence-corrected chi connectivity index (χ0v) is 17.6. The number of benzene rings is 2. The summed E-state index contributed by atoms with van der Waals surface area (Å²) in [4.78, 5) is 19.9. The van der Waals surface area contributed by atoms with Crippen molar-refractivity contribution in [1.29, 1.82) is 0 Å². The fourth-order valence-corrected chi connectivity index (χ4v) is 4.39. The summed E-state index contributed by atoms with van der Waals surface area (Å²) in [6.07, 6.45) is 3.75. The van der Waals surface area contributed by atoms with Gasteiger partial charge in [0.2, 0.25) is 0 Å². The van der Waals surface area contributed by atoms with E-state index in [1.807, 2.05) is 18.2 Å². The molecule has 0 atom stereocenters. The molecule has 1 aliphatic rings. The lowest BCUT2D eigenvalue weighted by Crippen LogP contribution is -2.29. The van der Waals surface area contributed by atoms with Gasteiger partial charge in [-0.1, -0.05) is 29.1 Å². The Labute approximate surface area is 172 Å². The van der Waals surface area contributed by atoms with E-state index in [1.165, 1.54) is 51.6 Å². The van der Waals surface area contributed by atoms with E-state index < -0.39 is 10.0 Å². The van der Waals surface area contributed by atoms with E-state index in [-0.39, 0.29) is 16.4 Å². The number of likely N-dealkylation sites (tertiary alicyclic amines) is 1. The van der Waals surface area contributed by atoms with E-state index in [0.29, 0.717) is 5.69 Å². The minimum atomic E-state index is -3.82. The predicted molar refractivity (Wildman–Crippen MR) is 112 cm³/mol. The summed E-state index contributed by atoms with van der Waals surface area (Å²) in [5.41, 5.74) is 2.09. The minimum absolute atomic E-state index is 0.00616. The fourth-order valence-electron chi connectivity index (χ4n) is 3.37. The molecule has 7 nitrogen and oxygen atoms in total. The second-order valence-electron chi connectivity index (χ2n) is 7.12. The molecule has 1 saturated heterocycles. The highest BCUT2D eigenvalue weighted by Gasteiger charge is 2.22. The molecule has 1 aliphatic heterocycles. The highest BCUT2D eigenvalue weighted by Crippen LogP contribution is 2.19. The number of hydroxylamine groups is 1. The van der Waals surface area contributed by atoms with Gasteiger partial charge in [-0.15, -0.1) is 0 Å². The summed E-state index contributed by atoms with van der Waals surface area (Å²) in [5.74, 6) is -0.364. The molecule has 1 fully saturated rings. The van der Waals surface area contributed by atoms with E-state index in [1.54, 1.807) is 6.07 Å². The SMILES string of the molecule is CON(C)S(=O)(=O)c1cccc(C(=O)Nc2cccc(CN3CCCCC3)c2)c1. The first-order valence-corrected chi connectivity index (χ1v) is 11.1. The zero-order valence-electron chi connectivity index (χ0n) is 16.8. The average Bonchev–Trinajstić information content (AvgIpc) is 2.74. The average molecular weight is 418 g/mol. The molecule has 0 aromatic heterocycles. The number of amides is 1. The molecule has 156 valence electrons. The van der Waals surface area contributed by atoms with Crippen molar-refractivity contribution in [3.8, 4) is 0 Å². The molecule has 8 heteroatoms. The number of anilines is 1. The molecule has 0 aliphatic carbocycles. The fraction of sp³-hybridized carbons (Fsp3) is 0.381. The number of nitrogens with zero attached hydrogens (tertiary/aromatic N) is 2. The van der Waals surface area contributed by atoms with Crippen LogP contribution in [0.15, 0.2) is 53.4 Å². The van der Waals surface area contributed by atoms with Crippen molar-refractivity contribution in [3.63, 3.8) is 0 Å². The molecule has 1 heterocycles. The predicted octanol–water partition coefficient (Wildman–Crippen LogP) is 3.11. The number of nitrogens with one attached hydrogen (secondary N) is 1. The summed E-state index contributed by atoms with van der Waals surface area (Å²) in [6, 6.07) is 13.7. The number of hydrogen-bond donors (Lipinski definition) is 1. The zero-order chi connectivity index (χ0) is 20.9. The Morgan fingerprint density at radius 1 is 1.10 bits per heavy atom. The Morgan fingerprint density at radius 2 is 1.83 bits per heavy atom. The lowest BCUT2D eigenvalue weighted by Gasteiger charge is -2.26. The summed E-state index contributed by atoms with van der Waals surface area (Å²) >= 11 is 0. The van der Waals surface area contributed by atoms with Crippen molar-refractivity contribution >= 4 is 21.6 Å². The number of piperidine rings is 1. The van der Waals surface area contributed by atoms with Crippen LogP contribution in [0.1, 0.15) is 35.2 Å². The molecule has 0 spiro atoms. The van der Waals surface area contributed by atoms with Gasteiger partial charge in [0.25, 0.3) is 15.9 Å². The Morgan fingerprint density at radius 3 is 2.55 bits per heavy atom. The van der Waals surface area contributed by atoms with Gasteiger partial charge in [0.05, 0.1) is 12.0 Å². The smallest absolute Gasteiger partial charge is 0.264 e. The van der Waals surface area contributed by atoms with E-state index in [2.05, 4.69) is 16.3 Å². The quantitative estimate of drug-likeness (QED) is 0.701. The minimum Gasteiger partial charge on any atom is -0.322 e. The Bertz CT molecular complexity index is 956. The van der Waals surface area contributed by atoms with Crippen LogP contribution in [0.3, 0.4) is 0 Å². The van der Waals surface area contributed by atoms with Gasteiger partial charge in [0.15, 0.2) is 0 Å². The molecule has 2 aromatic carbocycles. The Kier molecular flexibility index (Phi) is 7.02. The molecular weight excluding hydrogens is 390 g/mol. The summed E-state index contributed by atoms with van der Waals surface area (Å²) in [5, 5.41) is 2.86. The number of carbonyl (C=O) groups is 1. The first kappa shape index (κ1) is 21.4. The molecule has 29 heavy (non-hydrogen) atoms. The van der Waals surface area contributed by atoms with Crippen LogP contribution >= 0.6 is 0 Å². The van der Waals surface area contributed by atoms with Gasteiger partial charge in [0.1, 0.15) is 0 Å². The summed E-state index contributed by atoms with van der Waals surface area (Å²) in [7, 11) is -1.25. The van der Waals surface area contributed by atoms with Crippen LogP contribution in [0.2, 0.25) is 0 Å². The van der Waals surface area contributed by atoms with Crippen molar-refractivity contribution in [3.05, 3.63) is 59.7 Å². The number of rotatable bonds is 7. The lowest BCUT2D eigenvalue weighted by atomic mass is 10.1. The molecule has 1 N–H and O–H groups in total. The summed E-state index contributed by atoms with van der Waals surface area (Å²) < 4.78 is 25.5. The highest BCUT2D eigenvalue weighted by molar-refractivity contribution is 7.89. The second kappa shape index (κ2) is 9.49. The lowest BCUT2D eigenvalue weighted by molar-refractivity contribution is -0.0258. The maximum atomic E-state index is 12.7. The number of hydrogen-bond acceptors (Lipinski definition) is 5. The Hall–Kier alpha value is -2.26. The van der Waals surface area contributed by atoms with Crippen molar-refractivity contribution in [2.45, 2.75) is 30.7 Å². The van der Waals surface area contributed by atoms with Crippen LogP contribution in [0.5, 0.6) is 0 Å². The van der Waals surface area contributed by atoms with Gasteiger partial charge in [-0.3, -0.25) is 14.5 Å². The van der Waals surface area contributed by atoms with Crippen LogP contribution in [0.4, 0.5) is 5.69 Å². The third kappa shape index (κ3) is 5.42. The van der Waals surface area contributed by atoms with Crippen LogP contribution in [0.25, 0.3) is 0 Å². The first-order chi connectivity index (χ1) is 13.9. The number of carbonyl (C=O) groups excluding carboxylic acids is 1. The maximum Gasteiger partial charge on any atom is 0.264 e. The van der Waals surface area contributed by atoms with Gasteiger partial charge in [-0.2, -0.15) is 0 Å². The molecule has 0 unspecified atom stereocenters. The maximum absolute atomic E-state index is 12.7. The first-order valence-electron chi connectivity index (χ1n) is 9.66. The largest absolute Gasteiger partial charge is 0.322 e. The highest BCUT2D eigenvalue weighted by atomic mass is 32.2. The van der Waals surface area contributed by atoms with Crippen LogP contribution < -0.4 is 5.32 Å². The van der Waals surface area contributed by atoms with E-state index in [9.17, 15) is 13.2 Å². The van der Waals surface area contributed by atoms with Gasteiger partial charge in [-0.25, -0.2) is 8.42 Å². The monoisotopic (exact) mass is 417 g/mol. The van der Waals surface area contributed by atoms with Gasteiger partial charge >= 0.3 is 0 Å². The van der Waals surface area contributed by atoms with E-state index in [0.717, 1.165) is 29.7 Å². The standard InChI is InChI=1S/C21H27N3O4S/c1-23(28-2)29(26,27)20-11-7-9-18(15-20)21(25)22-19-10-6-8-17(14-19)16-24-12-4-3-5-13-24/h6-11,14-15H,3-5,12-13,16H2,1-2H3,(H,22,25). The molecule has 2 aromatic rings. The van der Waals surface area contributed by atoms with E-state index in [4.69, 9.17) is 4.84 Å². The van der Waals surface area contributed by atoms with Crippen LogP contribution in [0, 0.1) is 0 Å². The molecule has 0 bridgehead atoms. The van der Waals surface area contributed by atoms with Crippen LogP contribution in [-0.4, -0.2) is 50.9 Å². The van der Waals surface area contributed by atoms with Gasteiger partial charge < -0.3 is 5.32 Å².